The summed E-state index contributed by atoms with van der Waals surface area (Å²) < 4.78 is 0.728. The second-order valence-electron chi connectivity index (χ2n) is 3.58. The Morgan fingerprint density at radius 3 is 2.88 bits per heavy atom. The molecule has 0 atom stereocenters. The molecule has 1 aromatic rings. The fraction of sp³-hybridized carbons (Fsp3) is 0.417. The molecular weight excluding hydrogens is 322 g/mol. The molecule has 17 heavy (non-hydrogen) atoms. The molecule has 0 aromatic heterocycles. The Morgan fingerprint density at radius 1 is 1.47 bits per heavy atom. The highest BCUT2D eigenvalue weighted by Crippen LogP contribution is 2.21. The predicted octanol–water partition coefficient (Wildman–Crippen LogP) is 3.98. The number of nitrogens with one attached hydrogen (secondary N) is 1. The zero-order valence-electron chi connectivity index (χ0n) is 9.63. The van der Waals surface area contributed by atoms with Crippen molar-refractivity contribution in [3.05, 3.63) is 33.3 Å². The lowest BCUT2D eigenvalue weighted by Crippen LogP contribution is -2.24. The van der Waals surface area contributed by atoms with Crippen LogP contribution in [0.2, 0.25) is 5.02 Å². The van der Waals surface area contributed by atoms with Gasteiger partial charge in [-0.1, -0.05) is 11.6 Å². The Labute approximate surface area is 120 Å². The molecule has 5 heteroatoms. The number of thioether (sulfide) groups is 1. The molecule has 0 heterocycles. The van der Waals surface area contributed by atoms with Gasteiger partial charge in [0, 0.05) is 16.0 Å². The zero-order valence-corrected chi connectivity index (χ0v) is 12.8. The Bertz CT molecular complexity index is 387. The highest BCUT2D eigenvalue weighted by molar-refractivity contribution is 9.10. The van der Waals surface area contributed by atoms with E-state index in [1.807, 2.05) is 11.8 Å². The molecular formula is C12H15BrClNOS. The SMILES string of the molecule is CSCCCCNC(=O)c1ccc(Cl)cc1Br. The average Bonchev–Trinajstić information content (AvgIpc) is 2.28. The molecule has 0 saturated carbocycles. The van der Waals surface area contributed by atoms with Gasteiger partial charge in [-0.05, 0) is 59.0 Å². The molecule has 94 valence electrons. The van der Waals surface area contributed by atoms with E-state index in [4.69, 9.17) is 11.6 Å². The Morgan fingerprint density at radius 2 is 2.24 bits per heavy atom. The molecule has 0 aliphatic carbocycles. The number of halogens is 2. The van der Waals surface area contributed by atoms with Crippen molar-refractivity contribution in [1.82, 2.24) is 5.32 Å². The molecule has 0 bridgehead atoms. The summed E-state index contributed by atoms with van der Waals surface area (Å²) in [5.74, 6) is 1.08. The highest BCUT2D eigenvalue weighted by atomic mass is 79.9. The van der Waals surface area contributed by atoms with Crippen molar-refractivity contribution in [2.75, 3.05) is 18.6 Å². The van der Waals surface area contributed by atoms with Crippen LogP contribution in [-0.2, 0) is 0 Å². The maximum atomic E-state index is 11.8. The topological polar surface area (TPSA) is 29.1 Å². The average molecular weight is 337 g/mol. The Balaban J connectivity index is 2.42. The lowest BCUT2D eigenvalue weighted by molar-refractivity contribution is 0.0952. The number of hydrogen-bond donors (Lipinski definition) is 1. The van der Waals surface area contributed by atoms with Gasteiger partial charge in [0.1, 0.15) is 0 Å². The van der Waals surface area contributed by atoms with Gasteiger partial charge in [0.25, 0.3) is 5.91 Å². The number of rotatable bonds is 6. The smallest absolute Gasteiger partial charge is 0.252 e. The van der Waals surface area contributed by atoms with Gasteiger partial charge in [-0.2, -0.15) is 11.8 Å². The summed E-state index contributed by atoms with van der Waals surface area (Å²) in [7, 11) is 0. The van der Waals surface area contributed by atoms with E-state index in [9.17, 15) is 4.79 Å². The van der Waals surface area contributed by atoms with Crippen molar-refractivity contribution in [2.24, 2.45) is 0 Å². The van der Waals surface area contributed by atoms with Gasteiger partial charge < -0.3 is 5.32 Å². The molecule has 0 spiro atoms. The molecule has 2 nitrogen and oxygen atoms in total. The van der Waals surface area contributed by atoms with Crippen molar-refractivity contribution < 1.29 is 4.79 Å². The van der Waals surface area contributed by atoms with Gasteiger partial charge in [0.05, 0.1) is 5.56 Å². The first-order valence-corrected chi connectivity index (χ1v) is 7.94. The molecule has 1 rings (SSSR count). The lowest BCUT2D eigenvalue weighted by atomic mass is 10.2. The van der Waals surface area contributed by atoms with Crippen molar-refractivity contribution in [2.45, 2.75) is 12.8 Å². The third-order valence-electron chi connectivity index (χ3n) is 2.24. The van der Waals surface area contributed by atoms with Crippen LogP contribution in [0.1, 0.15) is 23.2 Å². The van der Waals surface area contributed by atoms with Gasteiger partial charge in [-0.15, -0.1) is 0 Å². The molecule has 0 unspecified atom stereocenters. The largest absolute Gasteiger partial charge is 0.352 e. The van der Waals surface area contributed by atoms with Crippen molar-refractivity contribution in [3.8, 4) is 0 Å². The van der Waals surface area contributed by atoms with E-state index in [1.54, 1.807) is 18.2 Å². The molecule has 1 N–H and O–H groups in total. The molecule has 0 radical (unpaired) electrons. The van der Waals surface area contributed by atoms with Gasteiger partial charge in [-0.25, -0.2) is 0 Å². The van der Waals surface area contributed by atoms with E-state index in [0.29, 0.717) is 17.1 Å². The summed E-state index contributed by atoms with van der Waals surface area (Å²) in [6.45, 7) is 0.717. The molecule has 0 aliphatic heterocycles. The number of carbonyl (C=O) groups excluding carboxylic acids is 1. The summed E-state index contributed by atoms with van der Waals surface area (Å²) in [6.07, 6.45) is 4.23. The summed E-state index contributed by atoms with van der Waals surface area (Å²) in [4.78, 5) is 11.8. The number of benzene rings is 1. The number of unbranched alkanes of at least 4 members (excludes halogenated alkanes) is 1. The van der Waals surface area contributed by atoms with E-state index < -0.39 is 0 Å². The van der Waals surface area contributed by atoms with Gasteiger partial charge in [0.2, 0.25) is 0 Å². The van der Waals surface area contributed by atoms with Crippen LogP contribution in [0, 0.1) is 0 Å². The molecule has 1 aromatic carbocycles. The summed E-state index contributed by atoms with van der Waals surface area (Å²) >= 11 is 11.0. The Hall–Kier alpha value is -0.190. The van der Waals surface area contributed by atoms with Crippen LogP contribution in [0.15, 0.2) is 22.7 Å². The summed E-state index contributed by atoms with van der Waals surface area (Å²) in [5.41, 5.74) is 0.624. The number of hydrogen-bond acceptors (Lipinski definition) is 2. The second kappa shape index (κ2) is 8.01. The van der Waals surface area contributed by atoms with Crippen LogP contribution >= 0.6 is 39.3 Å². The highest BCUT2D eigenvalue weighted by Gasteiger charge is 2.09. The van der Waals surface area contributed by atoms with Crippen LogP contribution < -0.4 is 5.32 Å². The van der Waals surface area contributed by atoms with Crippen LogP contribution in [0.25, 0.3) is 0 Å². The fourth-order valence-electron chi connectivity index (χ4n) is 1.34. The van der Waals surface area contributed by atoms with E-state index in [0.717, 1.165) is 23.1 Å². The summed E-state index contributed by atoms with van der Waals surface area (Å²) in [5, 5.41) is 3.52. The zero-order chi connectivity index (χ0) is 12.7. The minimum Gasteiger partial charge on any atom is -0.352 e. The standard InChI is InChI=1S/C12H15BrClNOS/c1-17-7-3-2-6-15-12(16)10-5-4-9(14)8-11(10)13/h4-5,8H,2-3,6-7H2,1H3,(H,15,16). The van der Waals surface area contributed by atoms with Crippen LogP contribution in [0.4, 0.5) is 0 Å². The van der Waals surface area contributed by atoms with E-state index in [2.05, 4.69) is 27.5 Å². The predicted molar refractivity (Wildman–Crippen MR) is 79.1 cm³/mol. The number of amides is 1. The van der Waals surface area contributed by atoms with E-state index in [1.165, 1.54) is 0 Å². The maximum absolute atomic E-state index is 11.8. The molecule has 0 fully saturated rings. The molecule has 1 amide bonds. The number of carbonyl (C=O) groups is 1. The van der Waals surface area contributed by atoms with Crippen LogP contribution in [0.5, 0.6) is 0 Å². The first kappa shape index (κ1) is 14.9. The maximum Gasteiger partial charge on any atom is 0.252 e. The van der Waals surface area contributed by atoms with Gasteiger partial charge >= 0.3 is 0 Å². The van der Waals surface area contributed by atoms with Crippen molar-refractivity contribution in [1.29, 1.82) is 0 Å². The molecule has 0 saturated heterocycles. The monoisotopic (exact) mass is 335 g/mol. The third-order valence-corrected chi connectivity index (χ3v) is 3.82. The van der Waals surface area contributed by atoms with Crippen LogP contribution in [-0.4, -0.2) is 24.5 Å². The van der Waals surface area contributed by atoms with E-state index >= 15 is 0 Å². The van der Waals surface area contributed by atoms with Crippen LogP contribution in [0.3, 0.4) is 0 Å². The normalized spacial score (nSPS) is 10.3. The second-order valence-corrected chi connectivity index (χ2v) is 5.86. The van der Waals surface area contributed by atoms with Crippen molar-refractivity contribution >= 4 is 45.2 Å². The molecule has 0 aliphatic rings. The van der Waals surface area contributed by atoms with Gasteiger partial charge in [-0.3, -0.25) is 4.79 Å². The first-order valence-electron chi connectivity index (χ1n) is 5.37. The first-order chi connectivity index (χ1) is 8.15. The van der Waals surface area contributed by atoms with Crippen molar-refractivity contribution in [3.63, 3.8) is 0 Å². The van der Waals surface area contributed by atoms with Gasteiger partial charge in [0.15, 0.2) is 0 Å². The third kappa shape index (κ3) is 5.32. The Kier molecular flexibility index (Phi) is 7.00. The quantitative estimate of drug-likeness (QED) is 0.796. The fourth-order valence-corrected chi connectivity index (χ4v) is 2.70. The summed E-state index contributed by atoms with van der Waals surface area (Å²) in [6, 6.07) is 5.17. The van der Waals surface area contributed by atoms with E-state index in [-0.39, 0.29) is 5.91 Å². The minimum absolute atomic E-state index is 0.0577. The lowest BCUT2D eigenvalue weighted by Gasteiger charge is -2.06. The minimum atomic E-state index is -0.0577.